The summed E-state index contributed by atoms with van der Waals surface area (Å²) < 4.78 is 10.9. The number of fused-ring (bicyclic) bond motifs is 1. The molecule has 0 spiro atoms. The van der Waals surface area contributed by atoms with Gasteiger partial charge in [0.25, 0.3) is 5.09 Å². The molecule has 15 heavy (non-hydrogen) atoms. The first-order valence-electron chi connectivity index (χ1n) is 5.00. The van der Waals surface area contributed by atoms with E-state index >= 15 is 0 Å². The largest absolute Gasteiger partial charge is 0.371 e. The Hall–Kier alpha value is -0.920. The highest BCUT2D eigenvalue weighted by Crippen LogP contribution is 2.28. The van der Waals surface area contributed by atoms with Gasteiger partial charge in [0.15, 0.2) is 6.10 Å². The van der Waals surface area contributed by atoms with Crippen molar-refractivity contribution in [2.45, 2.75) is 31.3 Å². The Labute approximate surface area is 86.8 Å². The fourth-order valence-corrected chi connectivity index (χ4v) is 2.10. The van der Waals surface area contributed by atoms with E-state index in [0.29, 0.717) is 6.61 Å². The van der Waals surface area contributed by atoms with Crippen LogP contribution in [0.25, 0.3) is 0 Å². The van der Waals surface area contributed by atoms with Gasteiger partial charge in [-0.25, -0.2) is 0 Å². The quantitative estimate of drug-likeness (QED) is 0.498. The number of likely N-dealkylation sites (N-methyl/N-ethyl adjacent to an activating group) is 1. The first kappa shape index (κ1) is 10.6. The molecule has 0 amide bonds. The number of nitrogens with one attached hydrogen (secondary N) is 1. The highest BCUT2D eigenvalue weighted by Gasteiger charge is 2.49. The van der Waals surface area contributed by atoms with E-state index in [9.17, 15) is 10.1 Å². The topological polar surface area (TPSA) is 82.9 Å². The van der Waals surface area contributed by atoms with Crippen LogP contribution in [0.5, 0.6) is 0 Å². The van der Waals surface area contributed by atoms with Gasteiger partial charge in [0.05, 0.1) is 19.3 Å². The maximum absolute atomic E-state index is 10.2. The molecule has 0 bridgehead atoms. The predicted molar refractivity (Wildman–Crippen MR) is 48.8 cm³/mol. The second-order valence-electron chi connectivity index (χ2n) is 3.63. The predicted octanol–water partition coefficient (Wildman–Crippen LogP) is -0.661. The molecule has 2 fully saturated rings. The molecule has 1 N–H and O–H groups in total. The highest BCUT2D eigenvalue weighted by atomic mass is 17.0. The van der Waals surface area contributed by atoms with Crippen molar-refractivity contribution >= 4 is 0 Å². The van der Waals surface area contributed by atoms with Crippen LogP contribution in [0, 0.1) is 10.1 Å². The fraction of sp³-hybridized carbons (Fsp3) is 1.00. The number of rotatable bonds is 4. The Morgan fingerprint density at radius 1 is 1.47 bits per heavy atom. The van der Waals surface area contributed by atoms with Gasteiger partial charge in [0, 0.05) is 0 Å². The lowest BCUT2D eigenvalue weighted by Crippen LogP contribution is -2.41. The third-order valence-corrected chi connectivity index (χ3v) is 2.70. The van der Waals surface area contributed by atoms with Gasteiger partial charge in [-0.2, -0.15) is 0 Å². The first-order valence-corrected chi connectivity index (χ1v) is 5.00. The molecule has 2 aliphatic heterocycles. The van der Waals surface area contributed by atoms with E-state index in [1.807, 2.05) is 6.92 Å². The standard InChI is InChI=1S/C8H14N2O5/c1-2-9-5-3-13-8-6(15-10(11)12)4-14-7(5)8/h5-9H,2-4H2,1H3/t5-,6?,7-,8-/m1/s1. The Morgan fingerprint density at radius 2 is 2.20 bits per heavy atom. The van der Waals surface area contributed by atoms with E-state index < -0.39 is 11.2 Å². The first-order chi connectivity index (χ1) is 7.22. The van der Waals surface area contributed by atoms with Gasteiger partial charge in [0.2, 0.25) is 0 Å². The maximum atomic E-state index is 10.2. The maximum Gasteiger partial charge on any atom is 0.294 e. The normalized spacial score (nSPS) is 39.0. The van der Waals surface area contributed by atoms with Crippen LogP contribution in [0.3, 0.4) is 0 Å². The minimum atomic E-state index is -0.791. The van der Waals surface area contributed by atoms with Gasteiger partial charge < -0.3 is 19.6 Å². The summed E-state index contributed by atoms with van der Waals surface area (Å²) in [6.07, 6.45) is -1.04. The number of nitrogens with zero attached hydrogens (tertiary/aromatic N) is 1. The lowest BCUT2D eigenvalue weighted by Gasteiger charge is -2.16. The van der Waals surface area contributed by atoms with E-state index in [2.05, 4.69) is 10.2 Å². The monoisotopic (exact) mass is 218 g/mol. The van der Waals surface area contributed by atoms with E-state index in [4.69, 9.17) is 9.47 Å². The van der Waals surface area contributed by atoms with Crippen LogP contribution in [0.15, 0.2) is 0 Å². The van der Waals surface area contributed by atoms with Gasteiger partial charge in [0.1, 0.15) is 12.2 Å². The van der Waals surface area contributed by atoms with Crippen molar-refractivity contribution in [2.75, 3.05) is 19.8 Å². The molecular weight excluding hydrogens is 204 g/mol. The fourth-order valence-electron chi connectivity index (χ4n) is 2.10. The van der Waals surface area contributed by atoms with Gasteiger partial charge in [-0.15, -0.1) is 10.1 Å². The summed E-state index contributed by atoms with van der Waals surface area (Å²) in [5, 5.41) is 12.6. The SMILES string of the molecule is CCN[C@@H]1CO[C@@H]2C(O[N+](=O)[O-])CO[C@@H]21. The summed E-state index contributed by atoms with van der Waals surface area (Å²) in [5.41, 5.74) is 0. The van der Waals surface area contributed by atoms with Crippen molar-refractivity contribution in [3.8, 4) is 0 Å². The molecule has 1 unspecified atom stereocenters. The molecule has 0 radical (unpaired) electrons. The van der Waals surface area contributed by atoms with Crippen molar-refractivity contribution in [3.05, 3.63) is 10.1 Å². The summed E-state index contributed by atoms with van der Waals surface area (Å²) in [5.74, 6) is 0. The molecule has 0 aromatic rings. The Morgan fingerprint density at radius 3 is 2.87 bits per heavy atom. The van der Waals surface area contributed by atoms with Gasteiger partial charge in [-0.1, -0.05) is 6.92 Å². The minimum Gasteiger partial charge on any atom is -0.371 e. The molecule has 2 rings (SSSR count). The van der Waals surface area contributed by atoms with Gasteiger partial charge in [-0.3, -0.25) is 0 Å². The average Bonchev–Trinajstić information content (AvgIpc) is 2.71. The van der Waals surface area contributed by atoms with E-state index in [-0.39, 0.29) is 24.9 Å². The average molecular weight is 218 g/mol. The second kappa shape index (κ2) is 4.30. The Kier molecular flexibility index (Phi) is 3.03. The molecule has 0 saturated carbocycles. The zero-order valence-corrected chi connectivity index (χ0v) is 8.42. The van der Waals surface area contributed by atoms with Crippen LogP contribution in [0.2, 0.25) is 0 Å². The number of hydrogen-bond acceptors (Lipinski definition) is 6. The van der Waals surface area contributed by atoms with Crippen molar-refractivity contribution in [3.63, 3.8) is 0 Å². The van der Waals surface area contributed by atoms with E-state index in [1.165, 1.54) is 0 Å². The van der Waals surface area contributed by atoms with Crippen molar-refractivity contribution in [1.29, 1.82) is 0 Å². The molecule has 2 saturated heterocycles. The summed E-state index contributed by atoms with van der Waals surface area (Å²) >= 11 is 0. The molecule has 4 atom stereocenters. The van der Waals surface area contributed by atoms with Gasteiger partial charge >= 0.3 is 0 Å². The third kappa shape index (κ3) is 2.04. The number of ether oxygens (including phenoxy) is 2. The van der Waals surface area contributed by atoms with Crippen LogP contribution in [0.4, 0.5) is 0 Å². The Bertz CT molecular complexity index is 249. The van der Waals surface area contributed by atoms with Crippen molar-refractivity contribution in [1.82, 2.24) is 5.32 Å². The molecule has 0 aromatic carbocycles. The van der Waals surface area contributed by atoms with Gasteiger partial charge in [-0.05, 0) is 6.54 Å². The van der Waals surface area contributed by atoms with Crippen LogP contribution in [0.1, 0.15) is 6.92 Å². The summed E-state index contributed by atoms with van der Waals surface area (Å²) in [4.78, 5) is 14.7. The minimum absolute atomic E-state index is 0.111. The molecule has 2 heterocycles. The van der Waals surface area contributed by atoms with Crippen LogP contribution >= 0.6 is 0 Å². The summed E-state index contributed by atoms with van der Waals surface area (Å²) in [6.45, 7) is 3.55. The second-order valence-corrected chi connectivity index (χ2v) is 3.63. The molecule has 86 valence electrons. The third-order valence-electron chi connectivity index (χ3n) is 2.70. The smallest absolute Gasteiger partial charge is 0.294 e. The van der Waals surface area contributed by atoms with Crippen LogP contribution < -0.4 is 5.32 Å². The zero-order valence-electron chi connectivity index (χ0n) is 8.42. The lowest BCUT2D eigenvalue weighted by molar-refractivity contribution is -0.769. The Balaban J connectivity index is 1.93. The van der Waals surface area contributed by atoms with E-state index in [0.717, 1.165) is 6.54 Å². The number of hydrogen-bond donors (Lipinski definition) is 1. The summed E-state index contributed by atoms with van der Waals surface area (Å²) in [6, 6.07) is 0.111. The lowest BCUT2D eigenvalue weighted by atomic mass is 10.1. The molecule has 7 heteroatoms. The van der Waals surface area contributed by atoms with Crippen LogP contribution in [-0.2, 0) is 14.3 Å². The van der Waals surface area contributed by atoms with Crippen molar-refractivity contribution in [2.24, 2.45) is 0 Å². The molecule has 0 aliphatic carbocycles. The summed E-state index contributed by atoms with van der Waals surface area (Å²) in [7, 11) is 0. The zero-order chi connectivity index (χ0) is 10.8. The molecule has 2 aliphatic rings. The molecular formula is C8H14N2O5. The molecule has 7 nitrogen and oxygen atoms in total. The van der Waals surface area contributed by atoms with E-state index in [1.54, 1.807) is 0 Å². The van der Waals surface area contributed by atoms with Crippen molar-refractivity contribution < 1.29 is 19.4 Å². The highest BCUT2D eigenvalue weighted by molar-refractivity contribution is 4.97. The van der Waals surface area contributed by atoms with Crippen LogP contribution in [-0.4, -0.2) is 49.2 Å². The molecule has 0 aromatic heterocycles.